The van der Waals surface area contributed by atoms with Gasteiger partial charge < -0.3 is 15.9 Å². The normalized spacial score (nSPS) is 13.1. The van der Waals surface area contributed by atoms with Crippen LogP contribution in [0.3, 0.4) is 0 Å². The van der Waals surface area contributed by atoms with Gasteiger partial charge in [0.2, 0.25) is 0 Å². The highest BCUT2D eigenvalue weighted by Gasteiger charge is 2.38. The van der Waals surface area contributed by atoms with Gasteiger partial charge in [-0.05, 0) is 6.07 Å². The van der Waals surface area contributed by atoms with Crippen molar-refractivity contribution in [2.24, 2.45) is 5.73 Å². The van der Waals surface area contributed by atoms with Crippen molar-refractivity contribution in [3.8, 4) is 5.75 Å². The van der Waals surface area contributed by atoms with Gasteiger partial charge in [0.25, 0.3) is 5.92 Å². The molecule has 1 aromatic carbocycles. The molecule has 1 aromatic rings. The molecule has 0 aliphatic heterocycles. The van der Waals surface area contributed by atoms with Crippen LogP contribution in [-0.4, -0.2) is 22.7 Å². The number of halogens is 4. The zero-order chi connectivity index (χ0) is 11.6. The molecular weight excluding hydrogens is 263 g/mol. The number of aliphatic hydroxyl groups is 1. The zero-order valence-electron chi connectivity index (χ0n) is 8.03. The minimum atomic E-state index is -3.50. The van der Waals surface area contributed by atoms with Crippen LogP contribution in [0.2, 0.25) is 5.02 Å². The van der Waals surface area contributed by atoms with Crippen LogP contribution >= 0.6 is 24.0 Å². The van der Waals surface area contributed by atoms with Gasteiger partial charge in [-0.15, -0.1) is 12.4 Å². The number of phenols is 1. The molecule has 0 radical (unpaired) electrons. The number of para-hydroxylation sites is 1. The summed E-state index contributed by atoms with van der Waals surface area (Å²) >= 11 is 5.54. The number of aromatic hydroxyl groups is 1. The summed E-state index contributed by atoms with van der Waals surface area (Å²) in [6.45, 7) is -1.39. The Morgan fingerprint density at radius 1 is 1.44 bits per heavy atom. The number of alkyl halides is 2. The maximum Gasteiger partial charge on any atom is 0.289 e. The molecule has 1 rings (SSSR count). The van der Waals surface area contributed by atoms with Crippen molar-refractivity contribution in [2.75, 3.05) is 6.61 Å². The first kappa shape index (κ1) is 15.4. The van der Waals surface area contributed by atoms with Crippen molar-refractivity contribution in [1.82, 2.24) is 0 Å². The molecule has 0 aliphatic carbocycles. The second-order valence-corrected chi connectivity index (χ2v) is 3.48. The predicted molar refractivity (Wildman–Crippen MR) is 59.3 cm³/mol. The van der Waals surface area contributed by atoms with Crippen molar-refractivity contribution in [3.63, 3.8) is 0 Å². The molecule has 0 saturated heterocycles. The second-order valence-electron chi connectivity index (χ2n) is 3.07. The van der Waals surface area contributed by atoms with Gasteiger partial charge in [-0.2, -0.15) is 0 Å². The van der Waals surface area contributed by atoms with Gasteiger partial charge in [0, 0.05) is 5.56 Å². The summed E-state index contributed by atoms with van der Waals surface area (Å²) in [7, 11) is 0. The van der Waals surface area contributed by atoms with Crippen molar-refractivity contribution in [3.05, 3.63) is 28.8 Å². The molecule has 0 aliphatic rings. The van der Waals surface area contributed by atoms with Gasteiger partial charge in [-0.1, -0.05) is 23.7 Å². The second kappa shape index (κ2) is 5.63. The van der Waals surface area contributed by atoms with Crippen LogP contribution in [0.15, 0.2) is 18.2 Å². The van der Waals surface area contributed by atoms with E-state index in [2.05, 4.69) is 0 Å². The van der Waals surface area contributed by atoms with E-state index in [9.17, 15) is 13.9 Å². The number of hydrogen-bond acceptors (Lipinski definition) is 3. The van der Waals surface area contributed by atoms with E-state index in [0.717, 1.165) is 0 Å². The average molecular weight is 274 g/mol. The summed E-state index contributed by atoms with van der Waals surface area (Å²) in [4.78, 5) is 0. The maximum atomic E-state index is 13.0. The lowest BCUT2D eigenvalue weighted by Crippen LogP contribution is -2.36. The molecule has 0 fully saturated rings. The Kier molecular flexibility index (Phi) is 5.41. The van der Waals surface area contributed by atoms with Gasteiger partial charge in [0.1, 0.15) is 18.4 Å². The number of phenolic OH excluding ortho intramolecular Hbond substituents is 1. The van der Waals surface area contributed by atoms with Crippen LogP contribution < -0.4 is 5.73 Å². The van der Waals surface area contributed by atoms with Gasteiger partial charge in [0.05, 0.1) is 5.02 Å². The van der Waals surface area contributed by atoms with Crippen LogP contribution in [0.25, 0.3) is 0 Å². The fraction of sp³-hybridized carbons (Fsp3) is 0.333. The average Bonchev–Trinajstić information content (AvgIpc) is 2.21. The molecule has 0 saturated carbocycles. The molecule has 4 N–H and O–H groups in total. The quantitative estimate of drug-likeness (QED) is 0.790. The Labute approximate surface area is 102 Å². The number of hydrogen-bond donors (Lipinski definition) is 3. The van der Waals surface area contributed by atoms with Crippen molar-refractivity contribution >= 4 is 24.0 Å². The van der Waals surface area contributed by atoms with Crippen LogP contribution in [0.4, 0.5) is 8.78 Å². The van der Waals surface area contributed by atoms with E-state index >= 15 is 0 Å². The molecule has 0 spiro atoms. The molecule has 92 valence electrons. The molecule has 0 unspecified atom stereocenters. The SMILES string of the molecule is Cl.N[C@H](c1cccc(Cl)c1O)C(F)(F)CO. The van der Waals surface area contributed by atoms with Crippen LogP contribution in [0.5, 0.6) is 5.75 Å². The van der Waals surface area contributed by atoms with Crippen molar-refractivity contribution < 1.29 is 19.0 Å². The third-order valence-electron chi connectivity index (χ3n) is 2.02. The predicted octanol–water partition coefficient (Wildman–Crippen LogP) is 2.09. The number of rotatable bonds is 3. The van der Waals surface area contributed by atoms with E-state index in [0.29, 0.717) is 0 Å². The third kappa shape index (κ3) is 2.95. The highest BCUT2D eigenvalue weighted by molar-refractivity contribution is 6.32. The zero-order valence-corrected chi connectivity index (χ0v) is 9.60. The minimum absolute atomic E-state index is 0. The molecule has 3 nitrogen and oxygen atoms in total. The summed E-state index contributed by atoms with van der Waals surface area (Å²) in [6.07, 6.45) is 0. The van der Waals surface area contributed by atoms with Gasteiger partial charge in [-0.25, -0.2) is 8.78 Å². The van der Waals surface area contributed by atoms with E-state index in [1.54, 1.807) is 0 Å². The lowest BCUT2D eigenvalue weighted by molar-refractivity contribution is -0.0715. The highest BCUT2D eigenvalue weighted by Crippen LogP contribution is 2.36. The Balaban J connectivity index is 0.00000225. The van der Waals surface area contributed by atoms with Gasteiger partial charge >= 0.3 is 0 Å². The maximum absolute atomic E-state index is 13.0. The minimum Gasteiger partial charge on any atom is -0.506 e. The van der Waals surface area contributed by atoms with Crippen molar-refractivity contribution in [2.45, 2.75) is 12.0 Å². The molecule has 0 heterocycles. The molecule has 1 atom stereocenters. The van der Waals surface area contributed by atoms with Crippen molar-refractivity contribution in [1.29, 1.82) is 0 Å². The summed E-state index contributed by atoms with van der Waals surface area (Å²) in [5.74, 6) is -3.98. The molecule has 0 amide bonds. The Morgan fingerprint density at radius 3 is 2.50 bits per heavy atom. The summed E-state index contributed by atoms with van der Waals surface area (Å²) in [5.41, 5.74) is 5.03. The van der Waals surface area contributed by atoms with E-state index in [1.165, 1.54) is 18.2 Å². The van der Waals surface area contributed by atoms with E-state index in [-0.39, 0.29) is 23.0 Å². The molecule has 0 aromatic heterocycles. The molecule has 16 heavy (non-hydrogen) atoms. The molecular formula is C9H11Cl2F2NO2. The molecule has 0 bridgehead atoms. The smallest absolute Gasteiger partial charge is 0.289 e. The first-order valence-corrected chi connectivity index (χ1v) is 4.49. The van der Waals surface area contributed by atoms with Gasteiger partial charge in [0.15, 0.2) is 0 Å². The number of aliphatic hydroxyl groups excluding tert-OH is 1. The third-order valence-corrected chi connectivity index (χ3v) is 2.32. The van der Waals surface area contributed by atoms with E-state index in [1.807, 2.05) is 0 Å². The fourth-order valence-electron chi connectivity index (χ4n) is 1.11. The van der Waals surface area contributed by atoms with E-state index < -0.39 is 24.3 Å². The molecule has 7 heteroatoms. The summed E-state index contributed by atoms with van der Waals surface area (Å²) in [6, 6.07) is 2.19. The topological polar surface area (TPSA) is 66.5 Å². The summed E-state index contributed by atoms with van der Waals surface area (Å²) in [5, 5.41) is 17.8. The first-order valence-electron chi connectivity index (χ1n) is 4.12. The Bertz CT molecular complexity index is 363. The van der Waals surface area contributed by atoms with Crippen LogP contribution in [0, 0.1) is 0 Å². The Morgan fingerprint density at radius 2 is 2.00 bits per heavy atom. The highest BCUT2D eigenvalue weighted by atomic mass is 35.5. The number of nitrogens with two attached hydrogens (primary N) is 1. The summed E-state index contributed by atoms with van der Waals surface area (Å²) < 4.78 is 26.0. The van der Waals surface area contributed by atoms with Gasteiger partial charge in [-0.3, -0.25) is 0 Å². The van der Waals surface area contributed by atoms with Crippen LogP contribution in [0.1, 0.15) is 11.6 Å². The lowest BCUT2D eigenvalue weighted by Gasteiger charge is -2.22. The van der Waals surface area contributed by atoms with E-state index in [4.69, 9.17) is 22.4 Å². The lowest BCUT2D eigenvalue weighted by atomic mass is 10.0. The van der Waals surface area contributed by atoms with Crippen LogP contribution in [-0.2, 0) is 0 Å². The Hall–Kier alpha value is -0.620. The standard InChI is InChI=1S/C9H10ClF2NO2.ClH/c10-6-3-1-2-5(7(6)15)8(13)9(11,12)4-14;/h1-3,8,14-15H,4,13H2;1H/t8-;/m1./s1. The fourth-order valence-corrected chi connectivity index (χ4v) is 1.29. The first-order chi connectivity index (χ1) is 6.90. The monoisotopic (exact) mass is 273 g/mol. The number of benzene rings is 1. The largest absolute Gasteiger partial charge is 0.506 e.